The molecule has 0 aliphatic heterocycles. The quantitative estimate of drug-likeness (QED) is 0.542. The monoisotopic (exact) mass is 400 g/mol. The molecule has 11 heteroatoms. The number of nitrogens with one attached hydrogen (secondary N) is 1. The summed E-state index contributed by atoms with van der Waals surface area (Å²) in [7, 11) is 1.78. The molecule has 0 radical (unpaired) electrons. The number of imidazole rings is 1. The lowest BCUT2D eigenvalue weighted by atomic mass is 9.94. The van der Waals surface area contributed by atoms with E-state index in [9.17, 15) is 13.2 Å². The molecule has 0 aliphatic carbocycles. The third-order valence-electron chi connectivity index (χ3n) is 4.36. The minimum atomic E-state index is -0.891. The maximum atomic E-state index is 14.9. The Morgan fingerprint density at radius 2 is 1.86 bits per heavy atom. The van der Waals surface area contributed by atoms with Crippen molar-refractivity contribution in [2.45, 2.75) is 12.8 Å². The average Bonchev–Trinajstić information content (AvgIpc) is 3.06. The summed E-state index contributed by atoms with van der Waals surface area (Å²) >= 11 is 0. The summed E-state index contributed by atoms with van der Waals surface area (Å²) in [6.45, 7) is 1.54. The van der Waals surface area contributed by atoms with E-state index in [0.717, 1.165) is 12.4 Å². The second-order valence-electron chi connectivity index (χ2n) is 6.44. The second-order valence-corrected chi connectivity index (χ2v) is 6.44. The number of fused-ring (bicyclic) bond motifs is 1. The van der Waals surface area contributed by atoms with Crippen LogP contribution in [-0.4, -0.2) is 29.5 Å². The Hall–Kier alpha value is -3.76. The lowest BCUT2D eigenvalue weighted by molar-refractivity contribution is 0.545. The Labute approximate surface area is 162 Å². The first-order valence-electron chi connectivity index (χ1n) is 8.51. The molecule has 4 heterocycles. The number of nitrogens with two attached hydrogens (primary N) is 1. The van der Waals surface area contributed by atoms with Crippen molar-refractivity contribution in [1.29, 1.82) is 0 Å². The highest BCUT2D eigenvalue weighted by atomic mass is 19.1. The number of rotatable bonds is 4. The molecule has 0 fully saturated rings. The predicted molar refractivity (Wildman–Crippen MR) is 99.9 cm³/mol. The van der Waals surface area contributed by atoms with E-state index < -0.39 is 23.4 Å². The summed E-state index contributed by atoms with van der Waals surface area (Å²) in [6, 6.07) is 0.696. The third-order valence-corrected chi connectivity index (χ3v) is 4.36. The number of aryl methyl sites for hydroxylation is 1. The van der Waals surface area contributed by atoms with Gasteiger partial charge in [0, 0.05) is 30.8 Å². The Morgan fingerprint density at radius 1 is 1.07 bits per heavy atom. The van der Waals surface area contributed by atoms with Crippen LogP contribution >= 0.6 is 0 Å². The minimum absolute atomic E-state index is 0.0476. The van der Waals surface area contributed by atoms with Gasteiger partial charge in [0.2, 0.25) is 5.95 Å². The predicted octanol–water partition coefficient (Wildman–Crippen LogP) is 3.05. The van der Waals surface area contributed by atoms with Gasteiger partial charge in [-0.05, 0) is 0 Å². The van der Waals surface area contributed by atoms with E-state index in [-0.39, 0.29) is 34.1 Å². The Morgan fingerprint density at radius 3 is 2.55 bits per heavy atom. The van der Waals surface area contributed by atoms with Gasteiger partial charge in [0.15, 0.2) is 5.65 Å². The van der Waals surface area contributed by atoms with Gasteiger partial charge >= 0.3 is 0 Å². The van der Waals surface area contributed by atoms with Crippen molar-refractivity contribution in [3.8, 4) is 0 Å². The van der Waals surface area contributed by atoms with E-state index in [0.29, 0.717) is 11.9 Å². The van der Waals surface area contributed by atoms with Crippen LogP contribution in [-0.2, 0) is 7.05 Å². The first-order valence-corrected chi connectivity index (χ1v) is 8.51. The molecule has 4 rings (SSSR count). The molecule has 4 aromatic rings. The van der Waals surface area contributed by atoms with Crippen LogP contribution in [0.25, 0.3) is 11.0 Å². The molecule has 0 amide bonds. The normalized spacial score (nSPS) is 12.3. The molecule has 0 aliphatic rings. The van der Waals surface area contributed by atoms with Gasteiger partial charge in [0.25, 0.3) is 0 Å². The molecule has 29 heavy (non-hydrogen) atoms. The highest BCUT2D eigenvalue weighted by Crippen LogP contribution is 2.35. The zero-order chi connectivity index (χ0) is 20.7. The number of hydrogen-bond acceptors (Lipinski definition) is 7. The van der Waals surface area contributed by atoms with Crippen LogP contribution in [0.2, 0.25) is 0 Å². The molecule has 148 valence electrons. The first kappa shape index (κ1) is 18.6. The fourth-order valence-corrected chi connectivity index (χ4v) is 3.11. The summed E-state index contributed by atoms with van der Waals surface area (Å²) in [5, 5.41) is 3.16. The Bertz CT molecular complexity index is 1220. The van der Waals surface area contributed by atoms with Crippen molar-refractivity contribution in [3.63, 3.8) is 0 Å². The van der Waals surface area contributed by atoms with Crippen LogP contribution in [0.1, 0.15) is 24.1 Å². The van der Waals surface area contributed by atoms with E-state index >= 15 is 0 Å². The molecular formula is C18H15F3N8. The molecule has 0 aromatic carbocycles. The molecule has 0 spiro atoms. The molecule has 0 unspecified atom stereocenters. The van der Waals surface area contributed by atoms with Gasteiger partial charge in [-0.25, -0.2) is 23.1 Å². The van der Waals surface area contributed by atoms with Crippen LogP contribution in [0.5, 0.6) is 0 Å². The van der Waals surface area contributed by atoms with Gasteiger partial charge < -0.3 is 15.6 Å². The fraction of sp³-hybridized carbons (Fsp3) is 0.167. The summed E-state index contributed by atoms with van der Waals surface area (Å²) in [4.78, 5) is 20.1. The van der Waals surface area contributed by atoms with Crippen LogP contribution < -0.4 is 11.1 Å². The third kappa shape index (κ3) is 3.42. The molecular weight excluding hydrogens is 385 g/mol. The molecule has 8 nitrogen and oxygen atoms in total. The molecule has 0 saturated carbocycles. The van der Waals surface area contributed by atoms with E-state index in [4.69, 9.17) is 5.73 Å². The maximum Gasteiger partial charge on any atom is 0.224 e. The van der Waals surface area contributed by atoms with Crippen LogP contribution in [0.15, 0.2) is 31.0 Å². The summed E-state index contributed by atoms with van der Waals surface area (Å²) < 4.78 is 44.1. The summed E-state index contributed by atoms with van der Waals surface area (Å²) in [6.07, 6.45) is 5.08. The zero-order valence-corrected chi connectivity index (χ0v) is 15.4. The van der Waals surface area contributed by atoms with Crippen molar-refractivity contribution in [2.24, 2.45) is 7.05 Å². The first-order chi connectivity index (χ1) is 13.8. The van der Waals surface area contributed by atoms with Crippen molar-refractivity contribution in [3.05, 3.63) is 59.7 Å². The second kappa shape index (κ2) is 7.00. The van der Waals surface area contributed by atoms with Gasteiger partial charge in [-0.15, -0.1) is 0 Å². The van der Waals surface area contributed by atoms with Crippen molar-refractivity contribution >= 4 is 28.6 Å². The van der Waals surface area contributed by atoms with Crippen LogP contribution in [0, 0.1) is 17.5 Å². The van der Waals surface area contributed by atoms with Gasteiger partial charge in [-0.2, -0.15) is 9.97 Å². The SMILES string of the molecule is C[C@@H](c1ncc(F)cc1F)c1c(F)cnc2nc(N)nc(Nc3cn(C)cn3)c12. The van der Waals surface area contributed by atoms with E-state index in [2.05, 4.69) is 30.2 Å². The van der Waals surface area contributed by atoms with Crippen LogP contribution in [0.3, 0.4) is 0 Å². The van der Waals surface area contributed by atoms with Gasteiger partial charge in [0.1, 0.15) is 29.1 Å². The van der Waals surface area contributed by atoms with Gasteiger partial charge in [0.05, 0.1) is 29.8 Å². The van der Waals surface area contributed by atoms with Crippen molar-refractivity contribution in [2.75, 3.05) is 11.1 Å². The molecule has 0 bridgehead atoms. The molecule has 3 N–H and O–H groups in total. The van der Waals surface area contributed by atoms with E-state index in [1.54, 1.807) is 31.1 Å². The average molecular weight is 400 g/mol. The highest BCUT2D eigenvalue weighted by Gasteiger charge is 2.25. The number of nitrogen functional groups attached to an aromatic ring is 1. The van der Waals surface area contributed by atoms with Crippen LogP contribution in [0.4, 0.5) is 30.8 Å². The topological polar surface area (TPSA) is 107 Å². The Balaban J connectivity index is 1.94. The number of pyridine rings is 2. The number of hydrogen-bond donors (Lipinski definition) is 2. The number of anilines is 3. The molecule has 1 atom stereocenters. The zero-order valence-electron chi connectivity index (χ0n) is 15.4. The molecule has 4 aromatic heterocycles. The van der Waals surface area contributed by atoms with E-state index in [1.165, 1.54) is 0 Å². The number of nitrogens with zero attached hydrogens (tertiary/aromatic N) is 6. The van der Waals surface area contributed by atoms with E-state index in [1.807, 2.05) is 0 Å². The van der Waals surface area contributed by atoms with Gasteiger partial charge in [-0.1, -0.05) is 6.92 Å². The molecule has 0 saturated heterocycles. The lowest BCUT2D eigenvalue weighted by Crippen LogP contribution is -2.10. The number of aromatic nitrogens is 6. The van der Waals surface area contributed by atoms with Crippen molar-refractivity contribution < 1.29 is 13.2 Å². The standard InChI is InChI=1S/C18H15F3N8/c1-8(15-10(20)3-9(19)4-23-15)13-11(21)5-24-16-14(13)17(28-18(22)27-16)26-12-6-29(2)7-25-12/h3-8H,1-2H3,(H3,22,24,26,27,28)/t8-/m1/s1. The lowest BCUT2D eigenvalue weighted by Gasteiger charge is -2.17. The largest absolute Gasteiger partial charge is 0.368 e. The van der Waals surface area contributed by atoms with Gasteiger partial charge in [-0.3, -0.25) is 4.98 Å². The van der Waals surface area contributed by atoms with Crippen molar-refractivity contribution in [1.82, 2.24) is 29.5 Å². The summed E-state index contributed by atoms with van der Waals surface area (Å²) in [5.41, 5.74) is 5.80. The Kier molecular flexibility index (Phi) is 4.49. The fourth-order valence-electron chi connectivity index (χ4n) is 3.11. The smallest absolute Gasteiger partial charge is 0.224 e. The number of halogens is 3. The maximum absolute atomic E-state index is 14.9. The highest BCUT2D eigenvalue weighted by molar-refractivity contribution is 5.92. The summed E-state index contributed by atoms with van der Waals surface area (Å²) in [5.74, 6) is -2.82. The minimum Gasteiger partial charge on any atom is -0.368 e.